The molecule has 0 radical (unpaired) electrons. The quantitative estimate of drug-likeness (QED) is 0.516. The van der Waals surface area contributed by atoms with E-state index < -0.39 is 18.5 Å². The lowest BCUT2D eigenvalue weighted by molar-refractivity contribution is -0.146. The van der Waals surface area contributed by atoms with Gasteiger partial charge in [0, 0.05) is 28.8 Å². The number of fused-ring (bicyclic) bond motifs is 1. The average molecular weight is 413 g/mol. The van der Waals surface area contributed by atoms with E-state index in [0.29, 0.717) is 46.9 Å². The molecule has 8 heteroatoms. The molecule has 1 heterocycles. The van der Waals surface area contributed by atoms with E-state index >= 15 is 0 Å². The molecule has 0 aliphatic rings. The van der Waals surface area contributed by atoms with Crippen molar-refractivity contribution in [3.8, 4) is 17.2 Å². The molecular weight excluding hydrogens is 390 g/mol. The molecule has 8 nitrogen and oxygen atoms in total. The summed E-state index contributed by atoms with van der Waals surface area (Å²) < 4.78 is 21.4. The number of ether oxygens (including phenoxy) is 3. The normalized spacial score (nSPS) is 10.6. The van der Waals surface area contributed by atoms with Crippen molar-refractivity contribution in [3.05, 3.63) is 48.2 Å². The minimum Gasteiger partial charge on any atom is -0.508 e. The van der Waals surface area contributed by atoms with Gasteiger partial charge in [-0.15, -0.1) is 0 Å². The fraction of sp³-hybridized carbons (Fsp3) is 0.273. The van der Waals surface area contributed by atoms with Crippen molar-refractivity contribution in [2.24, 2.45) is 0 Å². The van der Waals surface area contributed by atoms with Crippen LogP contribution in [0, 0.1) is 0 Å². The van der Waals surface area contributed by atoms with Gasteiger partial charge in [0.2, 0.25) is 0 Å². The number of aromatic hydroxyl groups is 1. The number of nitrogens with one attached hydrogen (secondary N) is 1. The van der Waals surface area contributed by atoms with E-state index in [1.807, 2.05) is 13.8 Å². The van der Waals surface area contributed by atoms with Gasteiger partial charge in [-0.25, -0.2) is 0 Å². The molecule has 0 unspecified atom stereocenters. The van der Waals surface area contributed by atoms with E-state index in [1.54, 1.807) is 24.3 Å². The first-order chi connectivity index (χ1) is 14.5. The van der Waals surface area contributed by atoms with Crippen LogP contribution in [-0.2, 0) is 20.7 Å². The summed E-state index contributed by atoms with van der Waals surface area (Å²) in [6, 6.07) is 9.67. The number of benzene rings is 2. The first kappa shape index (κ1) is 21.0. The summed E-state index contributed by atoms with van der Waals surface area (Å²) in [7, 11) is 0. The maximum Gasteiger partial charge on any atom is 0.310 e. The minimum absolute atomic E-state index is 0.0530. The largest absolute Gasteiger partial charge is 0.508 e. The SMILES string of the molecule is CCOc1ccc(NC(=O)COC(=O)Cc2coc3cc(O)ccc23)cc1OCC. The zero-order chi connectivity index (χ0) is 21.5. The number of amides is 1. The van der Waals surface area contributed by atoms with Gasteiger partial charge in [-0.3, -0.25) is 9.59 Å². The molecule has 3 rings (SSSR count). The van der Waals surface area contributed by atoms with E-state index in [1.165, 1.54) is 18.4 Å². The van der Waals surface area contributed by atoms with Crippen LogP contribution in [0.1, 0.15) is 19.4 Å². The number of esters is 1. The van der Waals surface area contributed by atoms with E-state index in [0.717, 1.165) is 0 Å². The lowest BCUT2D eigenvalue weighted by Gasteiger charge is -2.13. The second-order valence-corrected chi connectivity index (χ2v) is 6.35. The molecule has 0 saturated heterocycles. The summed E-state index contributed by atoms with van der Waals surface area (Å²) in [5.41, 5.74) is 1.59. The number of anilines is 1. The topological polar surface area (TPSA) is 107 Å². The van der Waals surface area contributed by atoms with Crippen LogP contribution < -0.4 is 14.8 Å². The molecule has 1 amide bonds. The van der Waals surface area contributed by atoms with Crippen molar-refractivity contribution < 1.29 is 33.3 Å². The summed E-state index contributed by atoms with van der Waals surface area (Å²) in [6.07, 6.45) is 1.38. The Bertz CT molecular complexity index is 1040. The van der Waals surface area contributed by atoms with Gasteiger partial charge in [0.15, 0.2) is 18.1 Å². The van der Waals surface area contributed by atoms with Gasteiger partial charge < -0.3 is 29.1 Å². The highest BCUT2D eigenvalue weighted by molar-refractivity contribution is 5.93. The third-order valence-electron chi connectivity index (χ3n) is 4.17. The zero-order valence-electron chi connectivity index (χ0n) is 16.8. The number of phenols is 1. The lowest BCUT2D eigenvalue weighted by atomic mass is 10.1. The Labute approximate surface area is 173 Å². The number of phenolic OH excluding ortho intramolecular Hbond substituents is 1. The van der Waals surface area contributed by atoms with Crippen LogP contribution in [0.5, 0.6) is 17.2 Å². The van der Waals surface area contributed by atoms with Gasteiger partial charge >= 0.3 is 5.97 Å². The van der Waals surface area contributed by atoms with Gasteiger partial charge in [0.25, 0.3) is 5.91 Å². The standard InChI is InChI=1S/C22H23NO7/c1-3-27-18-8-5-15(10-20(18)28-4-2)23-21(25)13-30-22(26)9-14-12-29-19-11-16(24)6-7-17(14)19/h5-8,10-12,24H,3-4,9,13H2,1-2H3,(H,23,25). The highest BCUT2D eigenvalue weighted by atomic mass is 16.5. The zero-order valence-corrected chi connectivity index (χ0v) is 16.8. The second kappa shape index (κ2) is 9.69. The van der Waals surface area contributed by atoms with Crippen molar-refractivity contribution in [2.45, 2.75) is 20.3 Å². The van der Waals surface area contributed by atoms with Crippen molar-refractivity contribution in [1.29, 1.82) is 0 Å². The summed E-state index contributed by atoms with van der Waals surface area (Å²) in [5, 5.41) is 12.8. The van der Waals surface area contributed by atoms with E-state index in [-0.39, 0.29) is 12.2 Å². The second-order valence-electron chi connectivity index (χ2n) is 6.35. The smallest absolute Gasteiger partial charge is 0.310 e. The number of carbonyl (C=O) groups is 2. The van der Waals surface area contributed by atoms with E-state index in [4.69, 9.17) is 18.6 Å². The third kappa shape index (κ3) is 5.22. The molecular formula is C22H23NO7. The Hall–Kier alpha value is -3.68. The van der Waals surface area contributed by atoms with Gasteiger partial charge in [-0.2, -0.15) is 0 Å². The van der Waals surface area contributed by atoms with Crippen LogP contribution in [0.15, 0.2) is 47.1 Å². The van der Waals surface area contributed by atoms with Crippen molar-refractivity contribution >= 4 is 28.5 Å². The summed E-state index contributed by atoms with van der Waals surface area (Å²) in [4.78, 5) is 24.2. The molecule has 30 heavy (non-hydrogen) atoms. The summed E-state index contributed by atoms with van der Waals surface area (Å²) in [6.45, 7) is 4.25. The first-order valence-corrected chi connectivity index (χ1v) is 9.54. The molecule has 0 atom stereocenters. The molecule has 0 bridgehead atoms. The number of hydrogen-bond acceptors (Lipinski definition) is 7. The molecule has 3 aromatic rings. The van der Waals surface area contributed by atoms with Gasteiger partial charge in [0.1, 0.15) is 11.3 Å². The number of hydrogen-bond donors (Lipinski definition) is 2. The van der Waals surface area contributed by atoms with Crippen molar-refractivity contribution in [1.82, 2.24) is 0 Å². The first-order valence-electron chi connectivity index (χ1n) is 9.54. The predicted molar refractivity (Wildman–Crippen MR) is 110 cm³/mol. The molecule has 0 fully saturated rings. The summed E-state index contributed by atoms with van der Waals surface area (Å²) in [5.74, 6) is 0.139. The van der Waals surface area contributed by atoms with E-state index in [9.17, 15) is 14.7 Å². The molecule has 0 saturated carbocycles. The number of carbonyl (C=O) groups excluding carboxylic acids is 2. The van der Waals surface area contributed by atoms with Crippen LogP contribution >= 0.6 is 0 Å². The van der Waals surface area contributed by atoms with Crippen LogP contribution in [0.3, 0.4) is 0 Å². The van der Waals surface area contributed by atoms with E-state index in [2.05, 4.69) is 5.32 Å². The highest BCUT2D eigenvalue weighted by Gasteiger charge is 2.14. The van der Waals surface area contributed by atoms with Gasteiger partial charge in [-0.1, -0.05) is 0 Å². The molecule has 2 aromatic carbocycles. The molecule has 1 aromatic heterocycles. The van der Waals surface area contributed by atoms with Crippen molar-refractivity contribution in [2.75, 3.05) is 25.1 Å². The number of furan rings is 1. The number of rotatable bonds is 9. The van der Waals surface area contributed by atoms with Gasteiger partial charge in [-0.05, 0) is 38.1 Å². The lowest BCUT2D eigenvalue weighted by Crippen LogP contribution is -2.21. The van der Waals surface area contributed by atoms with Crippen LogP contribution in [0.25, 0.3) is 11.0 Å². The third-order valence-corrected chi connectivity index (χ3v) is 4.17. The minimum atomic E-state index is -0.567. The molecule has 0 spiro atoms. The Morgan fingerprint density at radius 2 is 1.80 bits per heavy atom. The van der Waals surface area contributed by atoms with Crippen LogP contribution in [0.4, 0.5) is 5.69 Å². The Morgan fingerprint density at radius 3 is 2.57 bits per heavy atom. The van der Waals surface area contributed by atoms with Crippen molar-refractivity contribution in [3.63, 3.8) is 0 Å². The maximum absolute atomic E-state index is 12.1. The fourth-order valence-corrected chi connectivity index (χ4v) is 2.89. The highest BCUT2D eigenvalue weighted by Crippen LogP contribution is 2.30. The van der Waals surface area contributed by atoms with Crippen LogP contribution in [0.2, 0.25) is 0 Å². The fourth-order valence-electron chi connectivity index (χ4n) is 2.89. The Kier molecular flexibility index (Phi) is 6.79. The summed E-state index contributed by atoms with van der Waals surface area (Å²) >= 11 is 0. The molecule has 158 valence electrons. The monoisotopic (exact) mass is 413 g/mol. The molecule has 0 aliphatic carbocycles. The van der Waals surface area contributed by atoms with Gasteiger partial charge in [0.05, 0.1) is 25.9 Å². The Morgan fingerprint density at radius 1 is 1.03 bits per heavy atom. The molecule has 2 N–H and O–H groups in total. The Balaban J connectivity index is 1.55. The molecule has 0 aliphatic heterocycles. The predicted octanol–water partition coefficient (Wildman–Crippen LogP) is 3.66. The van der Waals surface area contributed by atoms with Crippen LogP contribution in [-0.4, -0.2) is 36.8 Å². The average Bonchev–Trinajstić information content (AvgIpc) is 3.10. The maximum atomic E-state index is 12.1.